The zero-order valence-electron chi connectivity index (χ0n) is 7.63. The smallest absolute Gasteiger partial charge is 0.0169 e. The molecule has 4 bridgehead atoms. The molecule has 5 aliphatic heterocycles. The maximum Gasteiger partial charge on any atom is 0.0169 e. The zero-order chi connectivity index (χ0) is 7.97. The summed E-state index contributed by atoms with van der Waals surface area (Å²) in [5.41, 5.74) is 1.80. The van der Waals surface area contributed by atoms with Gasteiger partial charge in [0.15, 0.2) is 0 Å². The van der Waals surface area contributed by atoms with Crippen LogP contribution in [-0.2, 0) is 0 Å². The molecule has 0 spiro atoms. The lowest BCUT2D eigenvalue weighted by Gasteiger charge is -2.44. The normalized spacial score (nSPS) is 45.3. The first-order chi connectivity index (χ1) is 5.93. The van der Waals surface area contributed by atoms with Gasteiger partial charge in [-0.15, -0.1) is 0 Å². The molecular formula is C11H17N. The van der Waals surface area contributed by atoms with Gasteiger partial charge in [0.1, 0.15) is 0 Å². The Bertz CT molecular complexity index is 211. The van der Waals surface area contributed by atoms with Crippen LogP contribution in [0.5, 0.6) is 0 Å². The van der Waals surface area contributed by atoms with Crippen molar-refractivity contribution < 1.29 is 0 Å². The van der Waals surface area contributed by atoms with Gasteiger partial charge in [-0.25, -0.2) is 0 Å². The summed E-state index contributed by atoms with van der Waals surface area (Å²) in [6, 6.07) is 0.944. The summed E-state index contributed by atoms with van der Waals surface area (Å²) < 4.78 is 0. The van der Waals surface area contributed by atoms with Crippen molar-refractivity contribution in [2.45, 2.75) is 38.1 Å². The second-order valence-corrected chi connectivity index (χ2v) is 4.53. The second-order valence-electron chi connectivity index (χ2n) is 4.53. The Balaban J connectivity index is 1.97. The summed E-state index contributed by atoms with van der Waals surface area (Å²) in [6.07, 6.45) is 9.80. The van der Waals surface area contributed by atoms with Gasteiger partial charge < -0.3 is 0 Å². The highest BCUT2D eigenvalue weighted by Crippen LogP contribution is 2.38. The van der Waals surface area contributed by atoms with E-state index >= 15 is 0 Å². The molecule has 0 N–H and O–H groups in total. The Morgan fingerprint density at radius 3 is 2.67 bits per heavy atom. The van der Waals surface area contributed by atoms with Crippen LogP contribution in [0.4, 0.5) is 0 Å². The summed E-state index contributed by atoms with van der Waals surface area (Å²) >= 11 is 0. The Labute approximate surface area is 74.4 Å². The van der Waals surface area contributed by atoms with Gasteiger partial charge in [-0.05, 0) is 38.0 Å². The molecule has 0 aromatic carbocycles. The highest BCUT2D eigenvalue weighted by molar-refractivity contribution is 5.15. The van der Waals surface area contributed by atoms with Crippen LogP contribution in [0.1, 0.15) is 32.1 Å². The van der Waals surface area contributed by atoms with Gasteiger partial charge in [-0.2, -0.15) is 0 Å². The predicted octanol–water partition coefficient (Wildman–Crippen LogP) is 2.19. The maximum absolute atomic E-state index is 2.69. The molecule has 3 fully saturated rings. The fourth-order valence-corrected chi connectivity index (χ4v) is 3.21. The minimum atomic E-state index is 0.944. The highest BCUT2D eigenvalue weighted by atomic mass is 15.2. The summed E-state index contributed by atoms with van der Waals surface area (Å²) in [5, 5.41) is 0. The molecule has 0 amide bonds. The molecule has 1 heteroatoms. The summed E-state index contributed by atoms with van der Waals surface area (Å²) in [6.45, 7) is 2.61. The summed E-state index contributed by atoms with van der Waals surface area (Å²) in [4.78, 5) is 2.69. The van der Waals surface area contributed by atoms with E-state index in [0.717, 1.165) is 12.0 Å². The molecule has 6 aliphatic rings. The standard InChI is InChI=1S/C11H17N/c1-3-11-4-2-9(1)10-5-7-12(11)8-6-10/h5,9,11H,1-4,6-8H2. The van der Waals surface area contributed by atoms with Crippen molar-refractivity contribution >= 4 is 0 Å². The molecule has 1 unspecified atom stereocenters. The van der Waals surface area contributed by atoms with Gasteiger partial charge in [0.2, 0.25) is 0 Å². The predicted molar refractivity (Wildman–Crippen MR) is 50.0 cm³/mol. The Hall–Kier alpha value is -0.300. The third-order valence-corrected chi connectivity index (χ3v) is 4.01. The molecule has 1 atom stereocenters. The van der Waals surface area contributed by atoms with Crippen molar-refractivity contribution in [3.8, 4) is 0 Å². The molecule has 0 aromatic heterocycles. The molecular weight excluding hydrogens is 146 g/mol. The van der Waals surface area contributed by atoms with Crippen LogP contribution < -0.4 is 0 Å². The Morgan fingerprint density at radius 1 is 1.17 bits per heavy atom. The van der Waals surface area contributed by atoms with Gasteiger partial charge in [0.05, 0.1) is 0 Å². The maximum atomic E-state index is 2.69. The molecule has 0 aromatic rings. The van der Waals surface area contributed by atoms with Crippen LogP contribution >= 0.6 is 0 Å². The average Bonchev–Trinajstić information content (AvgIpc) is 2.13. The van der Waals surface area contributed by atoms with E-state index in [4.69, 9.17) is 0 Å². The SMILES string of the molecule is C1=C2CCN(C1)C1CCC2CC1. The van der Waals surface area contributed by atoms with Gasteiger partial charge in [-0.1, -0.05) is 11.6 Å². The van der Waals surface area contributed by atoms with E-state index in [9.17, 15) is 0 Å². The lowest BCUT2D eigenvalue weighted by molar-refractivity contribution is 0.126. The molecule has 1 nitrogen and oxygen atoms in total. The fraction of sp³-hybridized carbons (Fsp3) is 0.818. The van der Waals surface area contributed by atoms with Crippen LogP contribution in [-0.4, -0.2) is 24.0 Å². The summed E-state index contributed by atoms with van der Waals surface area (Å²) in [7, 11) is 0. The van der Waals surface area contributed by atoms with Gasteiger partial charge in [-0.3, -0.25) is 4.90 Å². The lowest BCUT2D eigenvalue weighted by Crippen LogP contribution is -2.44. The number of rotatable bonds is 0. The topological polar surface area (TPSA) is 3.24 Å². The second kappa shape index (κ2) is 2.59. The molecule has 1 saturated carbocycles. The van der Waals surface area contributed by atoms with Crippen LogP contribution in [0.25, 0.3) is 0 Å². The van der Waals surface area contributed by atoms with Crippen LogP contribution in [0, 0.1) is 5.92 Å². The molecule has 1 aliphatic carbocycles. The van der Waals surface area contributed by atoms with E-state index in [1.165, 1.54) is 45.2 Å². The first kappa shape index (κ1) is 7.14. The third kappa shape index (κ3) is 0.957. The van der Waals surface area contributed by atoms with Crippen LogP contribution in [0.3, 0.4) is 0 Å². The largest absolute Gasteiger partial charge is 0.296 e. The minimum Gasteiger partial charge on any atom is -0.296 e. The molecule has 66 valence electrons. The number of hydrogen-bond donors (Lipinski definition) is 0. The van der Waals surface area contributed by atoms with Crippen molar-refractivity contribution in [1.29, 1.82) is 0 Å². The molecule has 0 radical (unpaired) electrons. The van der Waals surface area contributed by atoms with E-state index in [0.29, 0.717) is 0 Å². The zero-order valence-corrected chi connectivity index (χ0v) is 7.63. The van der Waals surface area contributed by atoms with Crippen molar-refractivity contribution in [3.63, 3.8) is 0 Å². The number of hydrogen-bond acceptors (Lipinski definition) is 1. The monoisotopic (exact) mass is 163 g/mol. The molecule has 5 heterocycles. The van der Waals surface area contributed by atoms with Gasteiger partial charge in [0.25, 0.3) is 0 Å². The molecule has 2 saturated heterocycles. The Kier molecular flexibility index (Phi) is 1.54. The van der Waals surface area contributed by atoms with Crippen molar-refractivity contribution in [3.05, 3.63) is 11.6 Å². The third-order valence-electron chi connectivity index (χ3n) is 4.01. The van der Waals surface area contributed by atoms with E-state index in [-0.39, 0.29) is 0 Å². The van der Waals surface area contributed by atoms with E-state index in [1.807, 2.05) is 0 Å². The molecule has 12 heavy (non-hydrogen) atoms. The molecule has 6 rings (SSSR count). The van der Waals surface area contributed by atoms with E-state index in [2.05, 4.69) is 11.0 Å². The van der Waals surface area contributed by atoms with Crippen LogP contribution in [0.15, 0.2) is 11.6 Å². The van der Waals surface area contributed by atoms with Crippen molar-refractivity contribution in [2.75, 3.05) is 13.1 Å². The minimum absolute atomic E-state index is 0.944. The van der Waals surface area contributed by atoms with E-state index in [1.54, 1.807) is 5.57 Å². The summed E-state index contributed by atoms with van der Waals surface area (Å²) in [5.74, 6) is 0.990. The Morgan fingerprint density at radius 2 is 2.00 bits per heavy atom. The highest BCUT2D eigenvalue weighted by Gasteiger charge is 2.32. The van der Waals surface area contributed by atoms with Gasteiger partial charge in [0, 0.05) is 19.1 Å². The van der Waals surface area contributed by atoms with Crippen LogP contribution in [0.2, 0.25) is 0 Å². The number of nitrogens with zero attached hydrogens (tertiary/aromatic N) is 1. The van der Waals surface area contributed by atoms with Crippen molar-refractivity contribution in [2.24, 2.45) is 5.92 Å². The fourth-order valence-electron chi connectivity index (χ4n) is 3.21. The first-order valence-corrected chi connectivity index (χ1v) is 5.36. The van der Waals surface area contributed by atoms with Crippen molar-refractivity contribution in [1.82, 2.24) is 4.90 Å². The lowest BCUT2D eigenvalue weighted by atomic mass is 9.76. The van der Waals surface area contributed by atoms with Gasteiger partial charge >= 0.3 is 0 Å². The quantitative estimate of drug-likeness (QED) is 0.495. The average molecular weight is 163 g/mol. The van der Waals surface area contributed by atoms with E-state index < -0.39 is 0 Å². The first-order valence-electron chi connectivity index (χ1n) is 5.36.